The number of nitrogens with zero attached hydrogens (tertiary/aromatic N) is 1. The maximum absolute atomic E-state index is 11.3. The molecule has 1 heterocycles. The summed E-state index contributed by atoms with van der Waals surface area (Å²) in [6, 6.07) is -0.118. The van der Waals surface area contributed by atoms with E-state index in [1.165, 1.54) is 0 Å². The third-order valence-corrected chi connectivity index (χ3v) is 3.20. The van der Waals surface area contributed by atoms with Crippen molar-refractivity contribution in [3.8, 4) is 0 Å². The number of primary amides is 1. The fraction of sp³-hybridized carbons (Fsp3) is 0.818. The van der Waals surface area contributed by atoms with Gasteiger partial charge in [-0.3, -0.25) is 19.9 Å². The van der Waals surface area contributed by atoms with E-state index in [1.54, 1.807) is 0 Å². The average Bonchev–Trinajstić information content (AvgIpc) is 2.34. The van der Waals surface area contributed by atoms with Gasteiger partial charge in [0.25, 0.3) is 0 Å². The summed E-state index contributed by atoms with van der Waals surface area (Å²) in [5, 5.41) is 0. The highest BCUT2D eigenvalue weighted by Gasteiger charge is 2.25. The molecule has 17 heavy (non-hydrogen) atoms. The lowest BCUT2D eigenvalue weighted by Crippen LogP contribution is -2.47. The van der Waals surface area contributed by atoms with Crippen LogP contribution in [-0.4, -0.2) is 35.8 Å². The van der Waals surface area contributed by atoms with Gasteiger partial charge in [0.05, 0.1) is 6.04 Å². The van der Waals surface area contributed by atoms with Gasteiger partial charge in [-0.05, 0) is 38.8 Å². The third-order valence-electron chi connectivity index (χ3n) is 3.20. The van der Waals surface area contributed by atoms with Crippen LogP contribution < -0.4 is 17.0 Å². The highest BCUT2D eigenvalue weighted by Crippen LogP contribution is 2.17. The number of piperidine rings is 1. The largest absolute Gasteiger partial charge is 0.368 e. The predicted octanol–water partition coefficient (Wildman–Crippen LogP) is -0.514. The van der Waals surface area contributed by atoms with Crippen molar-refractivity contribution in [2.75, 3.05) is 13.1 Å². The van der Waals surface area contributed by atoms with E-state index >= 15 is 0 Å². The molecule has 1 atom stereocenters. The van der Waals surface area contributed by atoms with Gasteiger partial charge in [0, 0.05) is 6.42 Å². The molecule has 1 aliphatic heterocycles. The SMILES string of the molecule is NNC(=O)CCCCN1CCCCC1C(N)=O. The minimum absolute atomic E-state index is 0.118. The fourth-order valence-corrected chi connectivity index (χ4v) is 2.25. The Morgan fingerprint density at radius 1 is 1.29 bits per heavy atom. The Labute approximate surface area is 102 Å². The summed E-state index contributed by atoms with van der Waals surface area (Å²) < 4.78 is 0. The number of likely N-dealkylation sites (tertiary alicyclic amines) is 1. The Balaban J connectivity index is 2.24. The number of unbranched alkanes of at least 4 members (excludes halogenated alkanes) is 1. The smallest absolute Gasteiger partial charge is 0.234 e. The summed E-state index contributed by atoms with van der Waals surface area (Å²) in [5.74, 6) is 4.61. The van der Waals surface area contributed by atoms with E-state index in [0.717, 1.165) is 45.2 Å². The first-order chi connectivity index (χ1) is 8.15. The summed E-state index contributed by atoms with van der Waals surface area (Å²) in [6.45, 7) is 1.75. The molecule has 0 radical (unpaired) electrons. The van der Waals surface area contributed by atoms with Crippen molar-refractivity contribution < 1.29 is 9.59 Å². The third kappa shape index (κ3) is 4.70. The zero-order valence-electron chi connectivity index (χ0n) is 10.2. The highest BCUT2D eigenvalue weighted by molar-refractivity contribution is 5.79. The molecule has 2 amide bonds. The van der Waals surface area contributed by atoms with Gasteiger partial charge in [-0.1, -0.05) is 6.42 Å². The fourth-order valence-electron chi connectivity index (χ4n) is 2.25. The summed E-state index contributed by atoms with van der Waals surface area (Å²) >= 11 is 0. The second-order valence-electron chi connectivity index (χ2n) is 4.47. The van der Waals surface area contributed by atoms with Crippen LogP contribution in [0.2, 0.25) is 0 Å². The normalized spacial score (nSPS) is 21.1. The standard InChI is InChI=1S/C11H22N4O2/c12-11(17)9-5-1-3-7-15(9)8-4-2-6-10(16)14-13/h9H,1-8,13H2,(H2,12,17)(H,14,16). The monoisotopic (exact) mass is 242 g/mol. The van der Waals surface area contributed by atoms with Gasteiger partial charge in [-0.25, -0.2) is 5.84 Å². The Hall–Kier alpha value is -1.14. The van der Waals surface area contributed by atoms with Crippen LogP contribution >= 0.6 is 0 Å². The molecule has 0 saturated carbocycles. The van der Waals surface area contributed by atoms with E-state index in [-0.39, 0.29) is 17.9 Å². The van der Waals surface area contributed by atoms with E-state index in [2.05, 4.69) is 10.3 Å². The molecular formula is C11H22N4O2. The number of nitrogens with one attached hydrogen (secondary N) is 1. The van der Waals surface area contributed by atoms with Gasteiger partial charge in [0.1, 0.15) is 0 Å². The average molecular weight is 242 g/mol. The van der Waals surface area contributed by atoms with E-state index in [1.807, 2.05) is 0 Å². The summed E-state index contributed by atoms with van der Waals surface area (Å²) in [6.07, 6.45) is 5.15. The van der Waals surface area contributed by atoms with Gasteiger partial charge in [-0.2, -0.15) is 0 Å². The molecule has 0 bridgehead atoms. The molecule has 0 aromatic carbocycles. The molecule has 0 aliphatic carbocycles. The van der Waals surface area contributed by atoms with Crippen molar-refractivity contribution in [3.63, 3.8) is 0 Å². The molecule has 6 nitrogen and oxygen atoms in total. The van der Waals surface area contributed by atoms with Crippen molar-refractivity contribution in [1.82, 2.24) is 10.3 Å². The van der Waals surface area contributed by atoms with Crippen molar-refractivity contribution in [3.05, 3.63) is 0 Å². The first-order valence-corrected chi connectivity index (χ1v) is 6.18. The summed E-state index contributed by atoms with van der Waals surface area (Å²) in [5.41, 5.74) is 7.47. The van der Waals surface area contributed by atoms with Crippen LogP contribution in [0.25, 0.3) is 0 Å². The molecule has 1 rings (SSSR count). The molecule has 1 unspecified atom stereocenters. The molecule has 1 fully saturated rings. The quantitative estimate of drug-likeness (QED) is 0.252. The van der Waals surface area contributed by atoms with Gasteiger partial charge in [0.15, 0.2) is 0 Å². The number of amides is 2. The summed E-state index contributed by atoms with van der Waals surface area (Å²) in [4.78, 5) is 24.3. The maximum Gasteiger partial charge on any atom is 0.234 e. The van der Waals surface area contributed by atoms with Crippen LogP contribution in [-0.2, 0) is 9.59 Å². The Morgan fingerprint density at radius 3 is 2.71 bits per heavy atom. The van der Waals surface area contributed by atoms with Crippen LogP contribution in [0.15, 0.2) is 0 Å². The van der Waals surface area contributed by atoms with Crippen LogP contribution in [0.4, 0.5) is 0 Å². The Kier molecular flexibility index (Phi) is 5.93. The lowest BCUT2D eigenvalue weighted by Gasteiger charge is -2.33. The number of nitrogens with two attached hydrogens (primary N) is 2. The molecule has 0 aromatic rings. The first kappa shape index (κ1) is 13.9. The lowest BCUT2D eigenvalue weighted by atomic mass is 10.0. The molecule has 1 saturated heterocycles. The Morgan fingerprint density at radius 2 is 2.06 bits per heavy atom. The Bertz CT molecular complexity index is 270. The summed E-state index contributed by atoms with van der Waals surface area (Å²) in [7, 11) is 0. The van der Waals surface area contributed by atoms with Crippen molar-refractivity contribution in [2.24, 2.45) is 11.6 Å². The van der Waals surface area contributed by atoms with Gasteiger partial charge < -0.3 is 5.73 Å². The first-order valence-electron chi connectivity index (χ1n) is 6.18. The number of rotatable bonds is 6. The number of hydrogen-bond donors (Lipinski definition) is 3. The number of hydrogen-bond acceptors (Lipinski definition) is 4. The van der Waals surface area contributed by atoms with Crippen LogP contribution in [0, 0.1) is 0 Å². The van der Waals surface area contributed by atoms with Crippen molar-refractivity contribution in [2.45, 2.75) is 44.6 Å². The minimum Gasteiger partial charge on any atom is -0.368 e. The van der Waals surface area contributed by atoms with Gasteiger partial charge in [-0.15, -0.1) is 0 Å². The molecule has 5 N–H and O–H groups in total. The van der Waals surface area contributed by atoms with E-state index in [4.69, 9.17) is 11.6 Å². The lowest BCUT2D eigenvalue weighted by molar-refractivity contribution is -0.124. The van der Waals surface area contributed by atoms with E-state index in [0.29, 0.717) is 6.42 Å². The van der Waals surface area contributed by atoms with Crippen molar-refractivity contribution >= 4 is 11.8 Å². The molecule has 0 spiro atoms. The molecule has 6 heteroatoms. The minimum atomic E-state index is -0.232. The van der Waals surface area contributed by atoms with Gasteiger partial charge >= 0.3 is 0 Å². The van der Waals surface area contributed by atoms with Crippen molar-refractivity contribution in [1.29, 1.82) is 0 Å². The molecular weight excluding hydrogens is 220 g/mol. The highest BCUT2D eigenvalue weighted by atomic mass is 16.2. The second kappa shape index (κ2) is 7.24. The van der Waals surface area contributed by atoms with E-state index < -0.39 is 0 Å². The zero-order chi connectivity index (χ0) is 12.7. The predicted molar refractivity (Wildman–Crippen MR) is 64.6 cm³/mol. The van der Waals surface area contributed by atoms with Crippen LogP contribution in [0.5, 0.6) is 0 Å². The van der Waals surface area contributed by atoms with Crippen LogP contribution in [0.3, 0.4) is 0 Å². The van der Waals surface area contributed by atoms with E-state index in [9.17, 15) is 9.59 Å². The molecule has 1 aliphatic rings. The maximum atomic E-state index is 11.3. The zero-order valence-corrected chi connectivity index (χ0v) is 10.2. The van der Waals surface area contributed by atoms with Gasteiger partial charge in [0.2, 0.25) is 11.8 Å². The topological polar surface area (TPSA) is 101 Å². The second-order valence-corrected chi connectivity index (χ2v) is 4.47. The van der Waals surface area contributed by atoms with Crippen LogP contribution in [0.1, 0.15) is 38.5 Å². The number of carbonyl (C=O) groups excluding carboxylic acids is 2. The molecule has 0 aromatic heterocycles. The molecule has 98 valence electrons. The number of hydrazine groups is 1. The number of carbonyl (C=O) groups is 2.